The smallest absolute Gasteiger partial charge is 1.00 e. The third-order valence-electron chi connectivity index (χ3n) is 7.28. The first kappa shape index (κ1) is 25.3. The van der Waals surface area contributed by atoms with Crippen molar-refractivity contribution >= 4 is 16.5 Å². The Morgan fingerprint density at radius 3 is 1.34 bits per heavy atom. The van der Waals surface area contributed by atoms with Crippen LogP contribution in [0.3, 0.4) is 0 Å². The van der Waals surface area contributed by atoms with Gasteiger partial charge in [-0.25, -0.2) is 0 Å². The van der Waals surface area contributed by atoms with Crippen LogP contribution in [0.5, 0.6) is 0 Å². The molecule has 0 unspecified atom stereocenters. The molecule has 0 amide bonds. The predicted octanol–water partition coefficient (Wildman–Crippen LogP) is -0.815. The van der Waals surface area contributed by atoms with E-state index in [1.807, 2.05) is 17.1 Å². The van der Waals surface area contributed by atoms with E-state index in [1.54, 1.807) is 0 Å². The fourth-order valence-corrected chi connectivity index (χ4v) is 23.8. The molecule has 0 aromatic rings. The van der Waals surface area contributed by atoms with Crippen molar-refractivity contribution in [3.05, 3.63) is 41.4 Å². The zero-order valence-corrected chi connectivity index (χ0v) is 24.1. The maximum Gasteiger partial charge on any atom is -1.00 e. The van der Waals surface area contributed by atoms with Gasteiger partial charge in [-0.05, 0) is 0 Å². The third kappa shape index (κ3) is 4.94. The summed E-state index contributed by atoms with van der Waals surface area (Å²) in [5, 5.41) is 3.68. The van der Waals surface area contributed by atoms with Gasteiger partial charge in [0.25, 0.3) is 0 Å². The topological polar surface area (TPSA) is 6.48 Å². The third-order valence-corrected chi connectivity index (χ3v) is 22.3. The van der Waals surface area contributed by atoms with Gasteiger partial charge >= 0.3 is 181 Å². The van der Waals surface area contributed by atoms with Gasteiger partial charge in [-0.15, -0.1) is 0 Å². The Hall–Kier alpha value is 0.0439. The molecule has 0 spiro atoms. The second-order valence-electron chi connectivity index (χ2n) is 9.63. The van der Waals surface area contributed by atoms with E-state index in [9.17, 15) is 0 Å². The molecular formula is C22H36F2HfN2Si2. The number of halogens is 2. The van der Waals surface area contributed by atoms with E-state index in [2.05, 4.69) is 59.6 Å². The van der Waals surface area contributed by atoms with Crippen molar-refractivity contribution in [1.29, 1.82) is 0 Å². The fraction of sp³-hybridized carbons (Fsp3) is 0.636. The minimum absolute atomic E-state index is 0. The first-order valence-corrected chi connectivity index (χ1v) is 20.5. The van der Waals surface area contributed by atoms with Gasteiger partial charge in [-0.2, -0.15) is 0 Å². The van der Waals surface area contributed by atoms with Gasteiger partial charge in [0, 0.05) is 0 Å². The zero-order chi connectivity index (χ0) is 19.1. The molecule has 0 aromatic carbocycles. The summed E-state index contributed by atoms with van der Waals surface area (Å²) < 4.78 is 9.65. The molecule has 0 bridgehead atoms. The minimum atomic E-state index is -1.43. The van der Waals surface area contributed by atoms with E-state index in [1.165, 1.54) is 64.7 Å². The van der Waals surface area contributed by atoms with Crippen molar-refractivity contribution in [2.75, 3.05) is 26.2 Å². The average molecular weight is 601 g/mol. The van der Waals surface area contributed by atoms with Gasteiger partial charge in [0.05, 0.1) is 0 Å². The van der Waals surface area contributed by atoms with Crippen LogP contribution >= 0.6 is 0 Å². The van der Waals surface area contributed by atoms with Crippen LogP contribution in [0.2, 0.25) is 26.2 Å². The molecule has 4 aliphatic rings. The molecule has 2 heterocycles. The largest absolute Gasteiger partial charge is 1.00 e. The first-order chi connectivity index (χ1) is 12.9. The molecular weight excluding hydrogens is 565 g/mol. The second-order valence-corrected chi connectivity index (χ2v) is 23.4. The molecule has 0 saturated carbocycles. The monoisotopic (exact) mass is 602 g/mol. The average Bonchev–Trinajstić information content (AvgIpc) is 3.40. The van der Waals surface area contributed by atoms with Gasteiger partial charge in [0.1, 0.15) is 0 Å². The van der Waals surface area contributed by atoms with Crippen molar-refractivity contribution in [2.24, 2.45) is 0 Å². The molecule has 7 heteroatoms. The molecule has 2 aliphatic heterocycles. The molecule has 160 valence electrons. The number of allylic oxidation sites excluding steroid dienone is 8. The van der Waals surface area contributed by atoms with E-state index < -0.39 is 39.4 Å². The molecule has 0 radical (unpaired) electrons. The number of nitrogens with zero attached hydrogens (tertiary/aromatic N) is 2. The Morgan fingerprint density at radius 2 is 1.00 bits per heavy atom. The number of rotatable bonds is 6. The normalized spacial score (nSPS) is 23.0. The molecule has 0 N–H and O–H groups in total. The van der Waals surface area contributed by atoms with Crippen molar-refractivity contribution in [1.82, 2.24) is 9.13 Å². The van der Waals surface area contributed by atoms with E-state index in [-0.39, 0.29) is 9.41 Å². The van der Waals surface area contributed by atoms with Crippen LogP contribution in [0.1, 0.15) is 38.5 Å². The van der Waals surface area contributed by atoms with Gasteiger partial charge in [0.2, 0.25) is 0 Å². The summed E-state index contributed by atoms with van der Waals surface area (Å²) in [7, 11) is -2.87. The quantitative estimate of drug-likeness (QED) is 0.368. The van der Waals surface area contributed by atoms with Crippen LogP contribution < -0.4 is 9.41 Å². The first-order valence-electron chi connectivity index (χ1n) is 11.0. The molecule has 0 atom stereocenters. The Kier molecular flexibility index (Phi) is 8.82. The summed E-state index contributed by atoms with van der Waals surface area (Å²) in [6, 6.07) is 0. The summed E-state index contributed by atoms with van der Waals surface area (Å²) in [6.07, 6.45) is 18.3. The molecule has 2 fully saturated rings. The summed E-state index contributed by atoms with van der Waals surface area (Å²) in [5.41, 5.74) is 0. The van der Waals surface area contributed by atoms with Crippen molar-refractivity contribution in [3.63, 3.8) is 0 Å². The van der Waals surface area contributed by atoms with Gasteiger partial charge < -0.3 is 9.41 Å². The minimum Gasteiger partial charge on any atom is -1.00 e. The van der Waals surface area contributed by atoms with Gasteiger partial charge in [-0.3, -0.25) is 0 Å². The van der Waals surface area contributed by atoms with Crippen LogP contribution in [0.15, 0.2) is 41.4 Å². The fourth-order valence-electron chi connectivity index (χ4n) is 5.47. The Bertz CT molecular complexity index is 656. The predicted molar refractivity (Wildman–Crippen MR) is 118 cm³/mol. The summed E-state index contributed by atoms with van der Waals surface area (Å²) in [6.45, 7) is 15.9. The van der Waals surface area contributed by atoms with Crippen LogP contribution in [0.4, 0.5) is 0 Å². The Labute approximate surface area is 189 Å². The zero-order valence-electron chi connectivity index (χ0n) is 18.5. The molecule has 2 saturated heterocycles. The molecule has 2 nitrogen and oxygen atoms in total. The van der Waals surface area contributed by atoms with Crippen LogP contribution in [-0.4, -0.2) is 51.8 Å². The maximum atomic E-state index is 2.88. The van der Waals surface area contributed by atoms with E-state index in [4.69, 9.17) is 0 Å². The van der Waals surface area contributed by atoms with Crippen LogP contribution in [0, 0.1) is 0 Å². The summed E-state index contributed by atoms with van der Waals surface area (Å²) >= 11 is -0.905. The maximum absolute atomic E-state index is 2.88. The summed E-state index contributed by atoms with van der Waals surface area (Å²) in [5.74, 6) is 0. The molecule has 29 heavy (non-hydrogen) atoms. The van der Waals surface area contributed by atoms with Gasteiger partial charge in [0.15, 0.2) is 0 Å². The standard InChI is InChI=1S/2C11H18NSi.2FH.Hf/c2*1-13(2,11-7-3-4-8-11)12-9-5-6-10-12;;;/h2*3,7H,4-6,9-10H2,1-2H3;2*1H;/q;;;;+2/p-2. The molecule has 4 rings (SSSR count). The molecule has 0 aromatic heterocycles. The molecule has 2 aliphatic carbocycles. The van der Waals surface area contributed by atoms with Crippen LogP contribution in [-0.2, 0) is 22.9 Å². The van der Waals surface area contributed by atoms with Crippen molar-refractivity contribution in [2.45, 2.75) is 64.7 Å². The van der Waals surface area contributed by atoms with Gasteiger partial charge in [-0.1, -0.05) is 0 Å². The van der Waals surface area contributed by atoms with E-state index in [0.717, 1.165) is 0 Å². The second kappa shape index (κ2) is 10.1. The van der Waals surface area contributed by atoms with E-state index >= 15 is 0 Å². The van der Waals surface area contributed by atoms with Crippen LogP contribution in [0.25, 0.3) is 0 Å². The Balaban J connectivity index is 0.00000150. The SMILES string of the molecule is C[Si](C)(C1=[C]([Hf+2][C]2=C([Si](C)(C)N3CCCC3)C=CC2)CC=C1)N1CCCC1.[F-].[F-]. The number of hydrogen-bond donors (Lipinski definition) is 0. The van der Waals surface area contributed by atoms with Crippen molar-refractivity contribution in [3.8, 4) is 0 Å². The number of hydrogen-bond acceptors (Lipinski definition) is 2. The van der Waals surface area contributed by atoms with Crippen molar-refractivity contribution < 1.29 is 32.3 Å². The summed E-state index contributed by atoms with van der Waals surface area (Å²) in [4.78, 5) is 0. The Morgan fingerprint density at radius 1 is 0.655 bits per heavy atom. The van der Waals surface area contributed by atoms with E-state index in [0.29, 0.717) is 0 Å².